The van der Waals surface area contributed by atoms with Gasteiger partial charge in [0.05, 0.1) is 11.6 Å². The minimum absolute atomic E-state index is 0.0186. The van der Waals surface area contributed by atoms with Gasteiger partial charge in [0.25, 0.3) is 0 Å². The maximum absolute atomic E-state index is 13.8. The monoisotopic (exact) mass is 268 g/mol. The van der Waals surface area contributed by atoms with Gasteiger partial charge in [0.1, 0.15) is 5.76 Å². The number of ether oxygens (including phenoxy) is 1. The van der Waals surface area contributed by atoms with Crippen molar-refractivity contribution >= 4 is 17.9 Å². The number of hydrogen-bond donors (Lipinski definition) is 0. The van der Waals surface area contributed by atoms with E-state index in [-0.39, 0.29) is 16.5 Å². The number of rotatable bonds is 4. The first-order chi connectivity index (χ1) is 8.65. The Hall–Kier alpha value is -1.81. The van der Waals surface area contributed by atoms with Crippen LogP contribution in [0.1, 0.15) is 17.5 Å². The van der Waals surface area contributed by atoms with Crippen LogP contribution in [-0.4, -0.2) is 12.9 Å². The van der Waals surface area contributed by atoms with Gasteiger partial charge in [-0.2, -0.15) is 0 Å². The zero-order valence-electron chi connectivity index (χ0n) is 9.57. The highest BCUT2D eigenvalue weighted by atomic mass is 35.5. The summed E-state index contributed by atoms with van der Waals surface area (Å²) >= 11 is 5.93. The number of aldehydes is 1. The maximum Gasteiger partial charge on any atom is 0.185 e. The Balaban J connectivity index is 2.43. The van der Waals surface area contributed by atoms with Crippen LogP contribution >= 0.6 is 11.6 Å². The van der Waals surface area contributed by atoms with E-state index in [0.717, 1.165) is 0 Å². The Labute approximate surface area is 108 Å². The lowest BCUT2D eigenvalue weighted by atomic mass is 10.1. The van der Waals surface area contributed by atoms with E-state index in [2.05, 4.69) is 0 Å². The van der Waals surface area contributed by atoms with Gasteiger partial charge in [-0.3, -0.25) is 4.79 Å². The Bertz CT molecular complexity index is 554. The molecule has 18 heavy (non-hydrogen) atoms. The quantitative estimate of drug-likeness (QED) is 0.788. The van der Waals surface area contributed by atoms with E-state index >= 15 is 0 Å². The molecule has 0 saturated heterocycles. The summed E-state index contributed by atoms with van der Waals surface area (Å²) in [5.41, 5.74) is 0.453. The van der Waals surface area contributed by atoms with Gasteiger partial charge in [0, 0.05) is 5.56 Å². The molecule has 94 valence electrons. The lowest BCUT2D eigenvalue weighted by Gasteiger charge is -2.08. The lowest BCUT2D eigenvalue weighted by molar-refractivity contribution is 0.110. The molecule has 0 saturated carbocycles. The number of benzene rings is 1. The first kappa shape index (κ1) is 12.6. The fourth-order valence-electron chi connectivity index (χ4n) is 1.56. The van der Waals surface area contributed by atoms with Crippen LogP contribution in [0, 0.1) is 5.82 Å². The number of carbonyl (C=O) groups excluding carboxylic acids is 1. The molecule has 0 radical (unpaired) electrons. The second-order valence-corrected chi connectivity index (χ2v) is 3.93. The second-order valence-electron chi connectivity index (χ2n) is 3.52. The molecule has 1 aromatic heterocycles. The molecule has 1 aromatic carbocycles. The first-order valence-electron chi connectivity index (χ1n) is 5.33. The van der Waals surface area contributed by atoms with Crippen molar-refractivity contribution in [1.82, 2.24) is 0 Å². The van der Waals surface area contributed by atoms with Gasteiger partial charge in [0.15, 0.2) is 23.6 Å². The van der Waals surface area contributed by atoms with Crippen molar-refractivity contribution in [2.24, 2.45) is 0 Å². The maximum atomic E-state index is 13.8. The van der Waals surface area contributed by atoms with E-state index in [1.165, 1.54) is 18.2 Å². The fourth-order valence-corrected chi connectivity index (χ4v) is 1.82. The van der Waals surface area contributed by atoms with Crippen LogP contribution in [0.5, 0.6) is 5.75 Å². The van der Waals surface area contributed by atoms with E-state index in [0.29, 0.717) is 24.2 Å². The Morgan fingerprint density at radius 1 is 1.44 bits per heavy atom. The van der Waals surface area contributed by atoms with Gasteiger partial charge in [-0.15, -0.1) is 0 Å². The van der Waals surface area contributed by atoms with Crippen molar-refractivity contribution in [1.29, 1.82) is 0 Å². The van der Waals surface area contributed by atoms with E-state index < -0.39 is 5.82 Å². The largest absolute Gasteiger partial charge is 0.489 e. The summed E-state index contributed by atoms with van der Waals surface area (Å²) in [6.45, 7) is 2.07. The predicted octanol–water partition coefficient (Wildman–Crippen LogP) is 3.95. The van der Waals surface area contributed by atoms with E-state index in [4.69, 9.17) is 20.8 Å². The second kappa shape index (κ2) is 5.23. The molecule has 0 bridgehead atoms. The van der Waals surface area contributed by atoms with Gasteiger partial charge in [0.2, 0.25) is 0 Å². The predicted molar refractivity (Wildman–Crippen MR) is 65.7 cm³/mol. The molecule has 2 aromatic rings. The van der Waals surface area contributed by atoms with Gasteiger partial charge < -0.3 is 9.15 Å². The third kappa shape index (κ3) is 2.38. The highest BCUT2D eigenvalue weighted by Crippen LogP contribution is 2.33. The summed E-state index contributed by atoms with van der Waals surface area (Å²) in [7, 11) is 0. The zero-order valence-corrected chi connectivity index (χ0v) is 10.3. The molecule has 0 fully saturated rings. The van der Waals surface area contributed by atoms with Crippen LogP contribution in [0.3, 0.4) is 0 Å². The molecular weight excluding hydrogens is 259 g/mol. The van der Waals surface area contributed by atoms with Crippen LogP contribution in [-0.2, 0) is 0 Å². The van der Waals surface area contributed by atoms with E-state index in [1.807, 2.05) is 0 Å². The molecule has 2 rings (SSSR count). The van der Waals surface area contributed by atoms with Gasteiger partial charge in [-0.05, 0) is 31.2 Å². The smallest absolute Gasteiger partial charge is 0.185 e. The Kier molecular flexibility index (Phi) is 3.67. The van der Waals surface area contributed by atoms with Crippen LogP contribution in [0.25, 0.3) is 11.3 Å². The molecule has 5 heteroatoms. The number of halogens is 2. The normalized spacial score (nSPS) is 10.4. The summed E-state index contributed by atoms with van der Waals surface area (Å²) < 4.78 is 24.0. The van der Waals surface area contributed by atoms with Crippen molar-refractivity contribution in [3.05, 3.63) is 40.9 Å². The van der Waals surface area contributed by atoms with E-state index in [9.17, 15) is 9.18 Å². The first-order valence-corrected chi connectivity index (χ1v) is 5.70. The average Bonchev–Trinajstić information content (AvgIpc) is 2.82. The van der Waals surface area contributed by atoms with Crippen molar-refractivity contribution in [2.45, 2.75) is 6.92 Å². The van der Waals surface area contributed by atoms with Crippen LogP contribution in [0.4, 0.5) is 4.39 Å². The number of hydrogen-bond acceptors (Lipinski definition) is 3. The Morgan fingerprint density at radius 3 is 2.78 bits per heavy atom. The number of furan rings is 1. The standard InChI is InChI=1S/C13H10ClFO3/c1-2-17-13-10(14)5-8(6-11(13)15)12-4-3-9(7-16)18-12/h3-7H,2H2,1H3. The topological polar surface area (TPSA) is 39.4 Å². The minimum atomic E-state index is -0.566. The van der Waals surface area contributed by atoms with Gasteiger partial charge >= 0.3 is 0 Å². The molecule has 0 spiro atoms. The lowest BCUT2D eigenvalue weighted by Crippen LogP contribution is -1.96. The van der Waals surface area contributed by atoms with Crippen molar-refractivity contribution in [2.75, 3.05) is 6.61 Å². The summed E-state index contributed by atoms with van der Waals surface area (Å²) in [5.74, 6) is 0.00449. The van der Waals surface area contributed by atoms with Crippen molar-refractivity contribution in [3.8, 4) is 17.1 Å². The average molecular weight is 269 g/mol. The summed E-state index contributed by atoms with van der Waals surface area (Å²) in [6.07, 6.45) is 0.579. The van der Waals surface area contributed by atoms with Gasteiger partial charge in [-0.25, -0.2) is 4.39 Å². The molecular formula is C13H10ClFO3. The minimum Gasteiger partial charge on any atom is -0.489 e. The van der Waals surface area contributed by atoms with Gasteiger partial charge in [-0.1, -0.05) is 11.6 Å². The molecule has 0 amide bonds. The Morgan fingerprint density at radius 2 is 2.22 bits per heavy atom. The molecule has 0 atom stereocenters. The van der Waals surface area contributed by atoms with Crippen LogP contribution < -0.4 is 4.74 Å². The fraction of sp³-hybridized carbons (Fsp3) is 0.154. The highest BCUT2D eigenvalue weighted by Gasteiger charge is 2.13. The molecule has 0 unspecified atom stereocenters. The molecule has 0 aliphatic carbocycles. The summed E-state index contributed by atoms with van der Waals surface area (Å²) in [6, 6.07) is 5.87. The number of carbonyl (C=O) groups is 1. The SMILES string of the molecule is CCOc1c(F)cc(-c2ccc(C=O)o2)cc1Cl. The zero-order chi connectivity index (χ0) is 13.1. The van der Waals surface area contributed by atoms with Crippen molar-refractivity contribution in [3.63, 3.8) is 0 Å². The van der Waals surface area contributed by atoms with Crippen LogP contribution in [0.15, 0.2) is 28.7 Å². The third-order valence-corrected chi connectivity index (χ3v) is 2.60. The third-order valence-electron chi connectivity index (χ3n) is 2.31. The molecule has 3 nitrogen and oxygen atoms in total. The van der Waals surface area contributed by atoms with E-state index in [1.54, 1.807) is 13.0 Å². The molecule has 0 N–H and O–H groups in total. The van der Waals surface area contributed by atoms with Crippen LogP contribution in [0.2, 0.25) is 5.02 Å². The summed E-state index contributed by atoms with van der Waals surface area (Å²) in [5, 5.41) is 0.163. The van der Waals surface area contributed by atoms with Crippen molar-refractivity contribution < 1.29 is 18.3 Å². The summed E-state index contributed by atoms with van der Waals surface area (Å²) in [4.78, 5) is 10.5. The highest BCUT2D eigenvalue weighted by molar-refractivity contribution is 6.32. The molecule has 0 aliphatic rings. The molecule has 1 heterocycles. The molecule has 0 aliphatic heterocycles.